The third-order valence-corrected chi connectivity index (χ3v) is 5.67. The summed E-state index contributed by atoms with van der Waals surface area (Å²) in [6.45, 7) is 4.22. The van der Waals surface area contributed by atoms with Crippen LogP contribution < -0.4 is 5.32 Å². The Morgan fingerprint density at radius 1 is 1.20 bits per heavy atom. The van der Waals surface area contributed by atoms with E-state index in [-0.39, 0.29) is 12.2 Å². The summed E-state index contributed by atoms with van der Waals surface area (Å²) in [4.78, 5) is 17.3. The molecule has 4 nitrogen and oxygen atoms in total. The predicted molar refractivity (Wildman–Crippen MR) is 80.4 cm³/mol. The van der Waals surface area contributed by atoms with Crippen molar-refractivity contribution in [3.8, 4) is 0 Å². The zero-order valence-corrected chi connectivity index (χ0v) is 13.1. The summed E-state index contributed by atoms with van der Waals surface area (Å²) in [7, 11) is 2.28. The monoisotopic (exact) mass is 279 g/mol. The van der Waals surface area contributed by atoms with Crippen LogP contribution in [0.15, 0.2) is 0 Å². The number of amides is 1. The van der Waals surface area contributed by atoms with E-state index in [2.05, 4.69) is 29.1 Å². The molecular formula is C16H29N3O. The molecule has 114 valence electrons. The number of rotatable bonds is 3. The third-order valence-electron chi connectivity index (χ3n) is 5.67. The Bertz CT molecular complexity index is 359. The van der Waals surface area contributed by atoms with Gasteiger partial charge in [0.15, 0.2) is 0 Å². The highest BCUT2D eigenvalue weighted by molar-refractivity contribution is 5.84. The van der Waals surface area contributed by atoms with Gasteiger partial charge in [-0.25, -0.2) is 0 Å². The molecule has 1 N–H and O–H groups in total. The zero-order chi connectivity index (χ0) is 14.3. The Hall–Kier alpha value is -0.610. The number of piperidine rings is 2. The Morgan fingerprint density at radius 2 is 1.85 bits per heavy atom. The fourth-order valence-electron chi connectivity index (χ4n) is 4.56. The summed E-state index contributed by atoms with van der Waals surface area (Å²) < 4.78 is 0. The highest BCUT2D eigenvalue weighted by Crippen LogP contribution is 2.36. The molecule has 0 aliphatic carbocycles. The summed E-state index contributed by atoms with van der Waals surface area (Å²) in [6.07, 6.45) is 8.83. The van der Waals surface area contributed by atoms with Gasteiger partial charge < -0.3 is 9.80 Å². The molecule has 0 aromatic heterocycles. The minimum absolute atomic E-state index is 0.00560. The first-order valence-electron chi connectivity index (χ1n) is 8.42. The van der Waals surface area contributed by atoms with E-state index in [0.29, 0.717) is 24.0 Å². The van der Waals surface area contributed by atoms with E-state index in [0.717, 1.165) is 12.8 Å². The molecule has 2 bridgehead atoms. The van der Waals surface area contributed by atoms with Crippen LogP contribution in [0.4, 0.5) is 0 Å². The van der Waals surface area contributed by atoms with Crippen LogP contribution in [0.5, 0.6) is 0 Å². The third kappa shape index (κ3) is 2.37. The van der Waals surface area contributed by atoms with Crippen LogP contribution in [0.3, 0.4) is 0 Å². The molecule has 0 spiro atoms. The minimum Gasteiger partial charge on any atom is -0.323 e. The smallest absolute Gasteiger partial charge is 0.240 e. The van der Waals surface area contributed by atoms with E-state index in [1.807, 2.05) is 6.92 Å². The molecule has 3 heterocycles. The van der Waals surface area contributed by atoms with E-state index in [1.165, 1.54) is 32.1 Å². The summed E-state index contributed by atoms with van der Waals surface area (Å²) in [5.74, 6) is 0.330. The van der Waals surface area contributed by atoms with Gasteiger partial charge in [0.2, 0.25) is 5.91 Å². The second-order valence-corrected chi connectivity index (χ2v) is 6.97. The number of carbonyl (C=O) groups is 1. The maximum absolute atomic E-state index is 12.5. The standard InChI is InChI=1S/C16H29N3O/c1-4-6-15-17-11(2)16(20)19(15)14-9-12-7-5-8-13(10-14)18(12)3/h11-15,17H,4-10H2,1-3H3. The molecule has 0 radical (unpaired) electrons. The van der Waals surface area contributed by atoms with Crippen molar-refractivity contribution in [3.63, 3.8) is 0 Å². The van der Waals surface area contributed by atoms with Gasteiger partial charge in [0.05, 0.1) is 12.2 Å². The second-order valence-electron chi connectivity index (χ2n) is 6.97. The average Bonchev–Trinajstić information content (AvgIpc) is 2.66. The van der Waals surface area contributed by atoms with Crippen molar-refractivity contribution in [2.75, 3.05) is 7.05 Å². The number of hydrogen-bond donors (Lipinski definition) is 1. The second kappa shape index (κ2) is 5.64. The molecule has 0 saturated carbocycles. The molecule has 4 unspecified atom stereocenters. The van der Waals surface area contributed by atoms with E-state index in [9.17, 15) is 4.79 Å². The van der Waals surface area contributed by atoms with Crippen molar-refractivity contribution < 1.29 is 4.79 Å². The lowest BCUT2D eigenvalue weighted by Gasteiger charge is -2.50. The number of hydrogen-bond acceptors (Lipinski definition) is 3. The molecule has 3 saturated heterocycles. The predicted octanol–water partition coefficient (Wildman–Crippen LogP) is 1.95. The van der Waals surface area contributed by atoms with Gasteiger partial charge in [0, 0.05) is 18.1 Å². The molecule has 3 aliphatic heterocycles. The van der Waals surface area contributed by atoms with E-state index >= 15 is 0 Å². The highest BCUT2D eigenvalue weighted by Gasteiger charge is 2.45. The van der Waals surface area contributed by atoms with Crippen LogP contribution in [0.2, 0.25) is 0 Å². The zero-order valence-electron chi connectivity index (χ0n) is 13.1. The molecular weight excluding hydrogens is 250 g/mol. The first kappa shape index (κ1) is 14.3. The lowest BCUT2D eigenvalue weighted by Crippen LogP contribution is -2.57. The van der Waals surface area contributed by atoms with Crippen molar-refractivity contribution in [2.24, 2.45) is 0 Å². The van der Waals surface area contributed by atoms with E-state index < -0.39 is 0 Å². The van der Waals surface area contributed by atoms with Crippen LogP contribution in [0.1, 0.15) is 58.8 Å². The van der Waals surface area contributed by atoms with Gasteiger partial charge in [-0.15, -0.1) is 0 Å². The largest absolute Gasteiger partial charge is 0.323 e. The van der Waals surface area contributed by atoms with Crippen molar-refractivity contribution in [1.29, 1.82) is 0 Å². The summed E-state index contributed by atoms with van der Waals surface area (Å²) >= 11 is 0. The lowest BCUT2D eigenvalue weighted by atomic mass is 9.81. The van der Waals surface area contributed by atoms with Gasteiger partial charge in [-0.05, 0) is 46.1 Å². The maximum atomic E-state index is 12.5. The van der Waals surface area contributed by atoms with Gasteiger partial charge in [0.25, 0.3) is 0 Å². The molecule has 4 atom stereocenters. The molecule has 3 rings (SSSR count). The highest BCUT2D eigenvalue weighted by atomic mass is 16.2. The van der Waals surface area contributed by atoms with Crippen molar-refractivity contribution in [3.05, 3.63) is 0 Å². The number of carbonyl (C=O) groups excluding carboxylic acids is 1. The molecule has 3 fully saturated rings. The van der Waals surface area contributed by atoms with Crippen LogP contribution >= 0.6 is 0 Å². The molecule has 0 aromatic rings. The van der Waals surface area contributed by atoms with Crippen LogP contribution in [-0.4, -0.2) is 53.1 Å². The van der Waals surface area contributed by atoms with E-state index in [1.54, 1.807) is 0 Å². The van der Waals surface area contributed by atoms with Gasteiger partial charge in [-0.2, -0.15) is 0 Å². The molecule has 0 aromatic carbocycles. The fourth-order valence-corrected chi connectivity index (χ4v) is 4.56. The SMILES string of the molecule is CCCC1NC(C)C(=O)N1C1CC2CCCC(C1)N2C. The number of nitrogens with zero attached hydrogens (tertiary/aromatic N) is 2. The summed E-state index contributed by atoms with van der Waals surface area (Å²) in [5.41, 5.74) is 0. The van der Waals surface area contributed by atoms with Crippen LogP contribution in [0, 0.1) is 0 Å². The first-order chi connectivity index (χ1) is 9.61. The van der Waals surface area contributed by atoms with Gasteiger partial charge in [-0.1, -0.05) is 19.8 Å². The normalized spacial score (nSPS) is 42.2. The Labute approximate surface area is 122 Å². The Kier molecular flexibility index (Phi) is 4.04. The van der Waals surface area contributed by atoms with Gasteiger partial charge >= 0.3 is 0 Å². The summed E-state index contributed by atoms with van der Waals surface area (Å²) in [6, 6.07) is 1.85. The van der Waals surface area contributed by atoms with Crippen molar-refractivity contribution in [2.45, 2.75) is 89.1 Å². The molecule has 4 heteroatoms. The maximum Gasteiger partial charge on any atom is 0.240 e. The van der Waals surface area contributed by atoms with E-state index in [4.69, 9.17) is 0 Å². The Balaban J connectivity index is 1.75. The van der Waals surface area contributed by atoms with Gasteiger partial charge in [-0.3, -0.25) is 10.1 Å². The lowest BCUT2D eigenvalue weighted by molar-refractivity contribution is -0.134. The molecule has 3 aliphatic rings. The quantitative estimate of drug-likeness (QED) is 0.857. The Morgan fingerprint density at radius 3 is 2.45 bits per heavy atom. The first-order valence-corrected chi connectivity index (χ1v) is 8.42. The number of nitrogens with one attached hydrogen (secondary N) is 1. The summed E-state index contributed by atoms with van der Waals surface area (Å²) in [5, 5.41) is 3.49. The molecule has 1 amide bonds. The topological polar surface area (TPSA) is 35.6 Å². The average molecular weight is 279 g/mol. The fraction of sp³-hybridized carbons (Fsp3) is 0.938. The van der Waals surface area contributed by atoms with Gasteiger partial charge in [0.1, 0.15) is 0 Å². The van der Waals surface area contributed by atoms with Crippen LogP contribution in [0.25, 0.3) is 0 Å². The van der Waals surface area contributed by atoms with Crippen LogP contribution in [-0.2, 0) is 4.79 Å². The van der Waals surface area contributed by atoms with Crippen molar-refractivity contribution >= 4 is 5.91 Å². The minimum atomic E-state index is 0.00560. The molecule has 20 heavy (non-hydrogen) atoms. The number of fused-ring (bicyclic) bond motifs is 2. The van der Waals surface area contributed by atoms with Crippen molar-refractivity contribution in [1.82, 2.24) is 15.1 Å².